The normalized spacial score (nSPS) is 11.1. The molecule has 4 N–H and O–H groups in total. The van der Waals surface area contributed by atoms with Crippen LogP contribution < -0.4 is 20.9 Å². The van der Waals surface area contributed by atoms with E-state index < -0.39 is 0 Å². The van der Waals surface area contributed by atoms with Crippen LogP contribution in [0.1, 0.15) is 117 Å². The molecule has 0 unspecified atom stereocenters. The lowest BCUT2D eigenvalue weighted by molar-refractivity contribution is 0.305. The molecule has 0 aliphatic rings. The summed E-state index contributed by atoms with van der Waals surface area (Å²) in [7, 11) is 0. The SMILES string of the molecule is CCCCCCCCCCOc1cc(Sc2ccc(N)c(OCCCCCCCCCC)c2)ccc1N. The number of anilines is 2. The summed E-state index contributed by atoms with van der Waals surface area (Å²) < 4.78 is 12.1. The fraction of sp³-hybridized carbons (Fsp3) is 0.625. The number of ether oxygens (including phenoxy) is 2. The van der Waals surface area contributed by atoms with Gasteiger partial charge in [-0.05, 0) is 49.2 Å². The van der Waals surface area contributed by atoms with Crippen LogP contribution in [-0.4, -0.2) is 13.2 Å². The molecule has 0 aromatic heterocycles. The number of hydrogen-bond acceptors (Lipinski definition) is 5. The van der Waals surface area contributed by atoms with Gasteiger partial charge in [-0.1, -0.05) is 116 Å². The first-order valence-corrected chi connectivity index (χ1v) is 15.7. The van der Waals surface area contributed by atoms with E-state index >= 15 is 0 Å². The molecule has 0 heterocycles. The Morgan fingerprint density at radius 2 is 0.865 bits per heavy atom. The van der Waals surface area contributed by atoms with Crippen LogP contribution in [0.5, 0.6) is 11.5 Å². The summed E-state index contributed by atoms with van der Waals surface area (Å²) in [4.78, 5) is 2.19. The predicted octanol–water partition coefficient (Wildman–Crippen LogP) is 10.0. The first kappa shape index (κ1) is 31.2. The second kappa shape index (κ2) is 20.0. The van der Waals surface area contributed by atoms with Gasteiger partial charge < -0.3 is 20.9 Å². The molecule has 2 rings (SSSR count). The third-order valence-electron chi connectivity index (χ3n) is 6.72. The van der Waals surface area contributed by atoms with Crippen molar-refractivity contribution in [3.63, 3.8) is 0 Å². The summed E-state index contributed by atoms with van der Waals surface area (Å²) in [6.07, 6.45) is 20.6. The number of nitrogen functional groups attached to an aromatic ring is 2. The Balaban J connectivity index is 1.73. The fourth-order valence-electron chi connectivity index (χ4n) is 4.38. The maximum Gasteiger partial charge on any atom is 0.143 e. The third-order valence-corrected chi connectivity index (χ3v) is 7.70. The van der Waals surface area contributed by atoms with Gasteiger partial charge in [0.2, 0.25) is 0 Å². The monoisotopic (exact) mass is 528 g/mol. The smallest absolute Gasteiger partial charge is 0.143 e. The summed E-state index contributed by atoms with van der Waals surface area (Å²) in [5.74, 6) is 1.55. The van der Waals surface area contributed by atoms with E-state index in [-0.39, 0.29) is 0 Å². The van der Waals surface area contributed by atoms with Crippen LogP contribution in [-0.2, 0) is 0 Å². The lowest BCUT2D eigenvalue weighted by Gasteiger charge is -2.13. The highest BCUT2D eigenvalue weighted by atomic mass is 32.2. The Bertz CT molecular complexity index is 789. The van der Waals surface area contributed by atoms with Crippen LogP contribution in [0.15, 0.2) is 46.2 Å². The fourth-order valence-corrected chi connectivity index (χ4v) is 5.25. The minimum atomic E-state index is 0.690. The van der Waals surface area contributed by atoms with Crippen molar-refractivity contribution in [3.05, 3.63) is 36.4 Å². The summed E-state index contributed by atoms with van der Waals surface area (Å²) in [5.41, 5.74) is 13.8. The highest BCUT2D eigenvalue weighted by molar-refractivity contribution is 7.99. The van der Waals surface area contributed by atoms with E-state index in [1.54, 1.807) is 11.8 Å². The van der Waals surface area contributed by atoms with Crippen LogP contribution in [0.2, 0.25) is 0 Å². The standard InChI is InChI=1S/C32H52N2O2S/c1-3-5-7-9-11-13-15-17-23-35-31-25-27(19-21-29(31)33)37-28-20-22-30(34)32(26-28)36-24-18-16-14-12-10-8-6-4-2/h19-22,25-26H,3-18,23-24,33-34H2,1-2H3. The van der Waals surface area contributed by atoms with Crippen molar-refractivity contribution in [1.82, 2.24) is 0 Å². The van der Waals surface area contributed by atoms with Gasteiger partial charge in [0.15, 0.2) is 0 Å². The maximum absolute atomic E-state index is 6.18. The van der Waals surface area contributed by atoms with Gasteiger partial charge in [0.05, 0.1) is 24.6 Å². The third kappa shape index (κ3) is 13.9. The molecule has 2 aromatic carbocycles. The molecule has 4 nitrogen and oxygen atoms in total. The molecule has 37 heavy (non-hydrogen) atoms. The van der Waals surface area contributed by atoms with E-state index in [0.717, 1.165) is 34.1 Å². The summed E-state index contributed by atoms with van der Waals surface area (Å²) >= 11 is 1.68. The Labute approximate surface area is 231 Å². The topological polar surface area (TPSA) is 70.5 Å². The van der Waals surface area contributed by atoms with Crippen molar-refractivity contribution >= 4 is 23.1 Å². The second-order valence-electron chi connectivity index (χ2n) is 10.1. The molecule has 0 aliphatic carbocycles. The average molecular weight is 529 g/mol. The van der Waals surface area contributed by atoms with Gasteiger partial charge in [-0.3, -0.25) is 0 Å². The quantitative estimate of drug-likeness (QED) is 0.117. The van der Waals surface area contributed by atoms with Crippen molar-refractivity contribution in [2.24, 2.45) is 0 Å². The zero-order valence-corrected chi connectivity index (χ0v) is 24.4. The largest absolute Gasteiger partial charge is 0.491 e. The summed E-state index contributed by atoms with van der Waals surface area (Å²) in [6, 6.07) is 12.0. The molecule has 0 fully saturated rings. The van der Waals surface area contributed by atoms with E-state index in [9.17, 15) is 0 Å². The second-order valence-corrected chi connectivity index (χ2v) is 11.3. The van der Waals surface area contributed by atoms with Crippen LogP contribution in [0.25, 0.3) is 0 Å². The van der Waals surface area contributed by atoms with Gasteiger partial charge in [-0.15, -0.1) is 0 Å². The van der Waals surface area contributed by atoms with Gasteiger partial charge in [-0.2, -0.15) is 0 Å². The molecule has 0 aliphatic heterocycles. The molecule has 0 amide bonds. The van der Waals surface area contributed by atoms with Gasteiger partial charge in [0, 0.05) is 9.79 Å². The summed E-state index contributed by atoms with van der Waals surface area (Å²) in [6.45, 7) is 5.95. The van der Waals surface area contributed by atoms with Crippen LogP contribution in [0.3, 0.4) is 0 Å². The molecule has 5 heteroatoms. The van der Waals surface area contributed by atoms with Gasteiger partial charge >= 0.3 is 0 Å². The highest BCUT2D eigenvalue weighted by Gasteiger charge is 2.08. The van der Waals surface area contributed by atoms with Crippen LogP contribution in [0.4, 0.5) is 11.4 Å². The molecular weight excluding hydrogens is 476 g/mol. The van der Waals surface area contributed by atoms with Gasteiger partial charge in [-0.25, -0.2) is 0 Å². The average Bonchev–Trinajstić information content (AvgIpc) is 2.90. The Morgan fingerprint density at radius 1 is 0.514 bits per heavy atom. The van der Waals surface area contributed by atoms with Crippen molar-refractivity contribution in [3.8, 4) is 11.5 Å². The molecule has 208 valence electrons. The molecule has 0 bridgehead atoms. The first-order chi connectivity index (χ1) is 18.1. The Hall–Kier alpha value is -2.01. The van der Waals surface area contributed by atoms with Gasteiger partial charge in [0.25, 0.3) is 0 Å². The molecule has 2 aromatic rings. The van der Waals surface area contributed by atoms with E-state index in [0.29, 0.717) is 24.6 Å². The number of hydrogen-bond donors (Lipinski definition) is 2. The first-order valence-electron chi connectivity index (χ1n) is 14.9. The van der Waals surface area contributed by atoms with E-state index in [1.165, 1.54) is 89.9 Å². The zero-order valence-electron chi connectivity index (χ0n) is 23.6. The van der Waals surface area contributed by atoms with Crippen LogP contribution in [0, 0.1) is 0 Å². The molecule has 0 spiro atoms. The molecule has 0 saturated heterocycles. The molecule has 0 atom stereocenters. The number of rotatable bonds is 22. The lowest BCUT2D eigenvalue weighted by atomic mass is 10.1. The van der Waals surface area contributed by atoms with Crippen molar-refractivity contribution in [2.45, 2.75) is 126 Å². The lowest BCUT2D eigenvalue weighted by Crippen LogP contribution is -2.01. The van der Waals surface area contributed by atoms with Gasteiger partial charge in [0.1, 0.15) is 11.5 Å². The maximum atomic E-state index is 6.18. The van der Waals surface area contributed by atoms with E-state index in [4.69, 9.17) is 20.9 Å². The minimum absolute atomic E-state index is 0.690. The molecular formula is C32H52N2O2S. The van der Waals surface area contributed by atoms with E-state index in [1.807, 2.05) is 36.4 Å². The highest BCUT2D eigenvalue weighted by Crippen LogP contribution is 2.36. The predicted molar refractivity (Wildman–Crippen MR) is 162 cm³/mol. The Morgan fingerprint density at radius 3 is 1.24 bits per heavy atom. The van der Waals surface area contributed by atoms with Crippen molar-refractivity contribution < 1.29 is 9.47 Å². The number of benzene rings is 2. The van der Waals surface area contributed by atoms with E-state index in [2.05, 4.69) is 13.8 Å². The number of nitrogens with two attached hydrogens (primary N) is 2. The summed E-state index contributed by atoms with van der Waals surface area (Å²) in [5, 5.41) is 0. The van der Waals surface area contributed by atoms with Crippen molar-refractivity contribution in [2.75, 3.05) is 24.7 Å². The molecule has 0 saturated carbocycles. The van der Waals surface area contributed by atoms with Crippen molar-refractivity contribution in [1.29, 1.82) is 0 Å². The minimum Gasteiger partial charge on any atom is -0.491 e. The Kier molecular flexibility index (Phi) is 16.9. The number of unbranched alkanes of at least 4 members (excludes halogenated alkanes) is 14. The van der Waals surface area contributed by atoms with Crippen LogP contribution >= 0.6 is 11.8 Å². The molecule has 0 radical (unpaired) electrons. The zero-order chi connectivity index (χ0) is 26.6.